The van der Waals surface area contributed by atoms with Crippen molar-refractivity contribution in [1.29, 1.82) is 0 Å². The molecule has 0 N–H and O–H groups in total. The van der Waals surface area contributed by atoms with Crippen LogP contribution in [0.25, 0.3) is 5.65 Å². The molecule has 0 atom stereocenters. The molecule has 0 aliphatic carbocycles. The van der Waals surface area contributed by atoms with Gasteiger partial charge in [-0.2, -0.15) is 4.52 Å². The normalized spacial score (nSPS) is 18.3. The van der Waals surface area contributed by atoms with Gasteiger partial charge in [-0.3, -0.25) is 4.79 Å². The number of likely N-dealkylation sites (tertiary alicyclic amines) is 1. The van der Waals surface area contributed by atoms with E-state index in [1.54, 1.807) is 18.0 Å². The third-order valence-corrected chi connectivity index (χ3v) is 6.93. The summed E-state index contributed by atoms with van der Waals surface area (Å²) in [5.74, 6) is 2.93. The Morgan fingerprint density at radius 2 is 1.75 bits per heavy atom. The lowest BCUT2D eigenvalue weighted by Crippen LogP contribution is -2.45. The lowest BCUT2D eigenvalue weighted by Gasteiger charge is -2.37. The first-order valence-corrected chi connectivity index (χ1v) is 11.5. The van der Waals surface area contributed by atoms with Gasteiger partial charge in [0.1, 0.15) is 17.9 Å². The predicted octanol–water partition coefficient (Wildman–Crippen LogP) is 2.83. The highest BCUT2D eigenvalue weighted by Crippen LogP contribution is 2.27. The van der Waals surface area contributed by atoms with Crippen LogP contribution in [-0.4, -0.2) is 63.9 Å². The highest BCUT2D eigenvalue weighted by atomic mass is 16.5. The monoisotopic (exact) mass is 434 g/mol. The number of hydrogen-bond acceptors (Lipinski definition) is 6. The highest BCUT2D eigenvalue weighted by molar-refractivity contribution is 5.79. The van der Waals surface area contributed by atoms with Crippen molar-refractivity contribution in [2.45, 2.75) is 32.1 Å². The van der Waals surface area contributed by atoms with Crippen molar-refractivity contribution in [2.75, 3.05) is 38.2 Å². The minimum Gasteiger partial charge on any atom is -0.497 e. The van der Waals surface area contributed by atoms with Crippen LogP contribution in [0.15, 0.2) is 42.7 Å². The number of aromatic nitrogens is 4. The average Bonchev–Trinajstić information content (AvgIpc) is 3.33. The standard InChI is InChI=1S/C24H30N6O2/c1-32-21-4-2-18(3-5-21)16-19-8-12-29(13-9-19)24(31)20-10-14-28(15-11-20)23-7-6-22-26-25-17-30(22)27-23/h2-7,17,19-20H,8-16H2,1H3. The molecule has 1 aromatic carbocycles. The molecule has 0 bridgehead atoms. The van der Waals surface area contributed by atoms with Crippen LogP contribution in [0.1, 0.15) is 31.2 Å². The molecule has 168 valence electrons. The average molecular weight is 435 g/mol. The number of carbonyl (C=O) groups is 1. The molecule has 3 aromatic rings. The van der Waals surface area contributed by atoms with E-state index in [1.807, 2.05) is 24.3 Å². The number of amides is 1. The van der Waals surface area contributed by atoms with Gasteiger partial charge in [0, 0.05) is 32.1 Å². The fraction of sp³-hybridized carbons (Fsp3) is 0.500. The van der Waals surface area contributed by atoms with Crippen LogP contribution in [0.2, 0.25) is 0 Å². The summed E-state index contributed by atoms with van der Waals surface area (Å²) < 4.78 is 6.94. The number of ether oxygens (including phenoxy) is 1. The van der Waals surface area contributed by atoms with E-state index >= 15 is 0 Å². The largest absolute Gasteiger partial charge is 0.497 e. The van der Waals surface area contributed by atoms with Gasteiger partial charge in [-0.25, -0.2) is 0 Å². The van der Waals surface area contributed by atoms with Crippen molar-refractivity contribution in [2.24, 2.45) is 11.8 Å². The Bertz CT molecular complexity index is 1050. The van der Waals surface area contributed by atoms with Crippen molar-refractivity contribution >= 4 is 17.4 Å². The van der Waals surface area contributed by atoms with Crippen LogP contribution in [0, 0.1) is 11.8 Å². The van der Waals surface area contributed by atoms with Crippen LogP contribution in [0.4, 0.5) is 5.82 Å². The van der Waals surface area contributed by atoms with Gasteiger partial charge >= 0.3 is 0 Å². The summed E-state index contributed by atoms with van der Waals surface area (Å²) >= 11 is 0. The van der Waals surface area contributed by atoms with E-state index in [9.17, 15) is 4.79 Å². The maximum absolute atomic E-state index is 13.1. The zero-order valence-corrected chi connectivity index (χ0v) is 18.6. The molecule has 2 saturated heterocycles. The lowest BCUT2D eigenvalue weighted by atomic mass is 9.88. The lowest BCUT2D eigenvalue weighted by molar-refractivity contribution is -0.137. The fourth-order valence-electron chi connectivity index (χ4n) is 4.95. The summed E-state index contributed by atoms with van der Waals surface area (Å²) in [5, 5.41) is 12.5. The van der Waals surface area contributed by atoms with Crippen LogP contribution < -0.4 is 9.64 Å². The van der Waals surface area contributed by atoms with Gasteiger partial charge in [-0.15, -0.1) is 15.3 Å². The Morgan fingerprint density at radius 1 is 1.00 bits per heavy atom. The Morgan fingerprint density at radius 3 is 2.47 bits per heavy atom. The molecule has 0 saturated carbocycles. The number of piperidine rings is 2. The number of nitrogens with zero attached hydrogens (tertiary/aromatic N) is 6. The highest BCUT2D eigenvalue weighted by Gasteiger charge is 2.31. The van der Waals surface area contributed by atoms with Crippen LogP contribution in [0.5, 0.6) is 5.75 Å². The van der Waals surface area contributed by atoms with Gasteiger partial charge in [0.15, 0.2) is 5.65 Å². The maximum Gasteiger partial charge on any atom is 0.225 e. The topological polar surface area (TPSA) is 75.9 Å². The van der Waals surface area contributed by atoms with Gasteiger partial charge in [-0.05, 0) is 67.9 Å². The van der Waals surface area contributed by atoms with Crippen molar-refractivity contribution in [3.8, 4) is 5.75 Å². The maximum atomic E-state index is 13.1. The molecular weight excluding hydrogens is 404 g/mol. The minimum absolute atomic E-state index is 0.128. The molecule has 2 fully saturated rings. The Kier molecular flexibility index (Phi) is 5.92. The number of hydrogen-bond donors (Lipinski definition) is 0. The quantitative estimate of drug-likeness (QED) is 0.615. The summed E-state index contributed by atoms with van der Waals surface area (Å²) in [6.07, 6.45) is 6.62. The molecule has 8 nitrogen and oxygen atoms in total. The molecule has 4 heterocycles. The smallest absolute Gasteiger partial charge is 0.225 e. The number of benzene rings is 1. The molecule has 0 unspecified atom stereocenters. The second kappa shape index (κ2) is 9.14. The van der Waals surface area contributed by atoms with E-state index in [2.05, 4.69) is 37.2 Å². The Labute approximate surface area is 188 Å². The molecule has 5 rings (SSSR count). The fourth-order valence-corrected chi connectivity index (χ4v) is 4.95. The summed E-state index contributed by atoms with van der Waals surface area (Å²) in [6.45, 7) is 3.47. The number of rotatable bonds is 5. The molecule has 1 amide bonds. The third kappa shape index (κ3) is 4.40. The number of methoxy groups -OCH3 is 1. The van der Waals surface area contributed by atoms with Gasteiger partial charge in [0.25, 0.3) is 0 Å². The first-order chi connectivity index (χ1) is 15.7. The zero-order valence-electron chi connectivity index (χ0n) is 18.6. The summed E-state index contributed by atoms with van der Waals surface area (Å²) in [6, 6.07) is 12.3. The first-order valence-electron chi connectivity index (χ1n) is 11.5. The minimum atomic E-state index is 0.128. The number of anilines is 1. The number of fused-ring (bicyclic) bond motifs is 1. The van der Waals surface area contributed by atoms with Crippen molar-refractivity contribution in [1.82, 2.24) is 24.7 Å². The van der Waals surface area contributed by atoms with Gasteiger partial charge < -0.3 is 14.5 Å². The zero-order chi connectivity index (χ0) is 21.9. The SMILES string of the molecule is COc1ccc(CC2CCN(C(=O)C3CCN(c4ccc5nncn5n4)CC3)CC2)cc1. The summed E-state index contributed by atoms with van der Waals surface area (Å²) in [5.41, 5.74) is 2.09. The second-order valence-corrected chi connectivity index (χ2v) is 8.91. The van der Waals surface area contributed by atoms with E-state index in [4.69, 9.17) is 4.74 Å². The molecule has 0 spiro atoms. The van der Waals surface area contributed by atoms with Crippen molar-refractivity contribution in [3.05, 3.63) is 48.3 Å². The Hall–Kier alpha value is -3.16. The van der Waals surface area contributed by atoms with Crippen LogP contribution in [0.3, 0.4) is 0 Å². The van der Waals surface area contributed by atoms with Crippen LogP contribution >= 0.6 is 0 Å². The van der Waals surface area contributed by atoms with Gasteiger partial charge in [0.05, 0.1) is 7.11 Å². The first kappa shape index (κ1) is 20.7. The van der Waals surface area contributed by atoms with E-state index in [0.29, 0.717) is 11.8 Å². The van der Waals surface area contributed by atoms with Crippen molar-refractivity contribution < 1.29 is 9.53 Å². The van der Waals surface area contributed by atoms with Gasteiger partial charge in [-0.1, -0.05) is 12.1 Å². The molecule has 0 radical (unpaired) electrons. The molecule has 8 heteroatoms. The second-order valence-electron chi connectivity index (χ2n) is 8.91. The molecule has 2 aliphatic heterocycles. The van der Waals surface area contributed by atoms with E-state index < -0.39 is 0 Å². The van der Waals surface area contributed by atoms with E-state index in [1.165, 1.54) is 5.56 Å². The predicted molar refractivity (Wildman–Crippen MR) is 122 cm³/mol. The Balaban J connectivity index is 1.10. The van der Waals surface area contributed by atoms with Crippen molar-refractivity contribution in [3.63, 3.8) is 0 Å². The molecule has 32 heavy (non-hydrogen) atoms. The number of carbonyl (C=O) groups excluding carboxylic acids is 1. The summed E-state index contributed by atoms with van der Waals surface area (Å²) in [4.78, 5) is 17.5. The molecule has 2 aliphatic rings. The van der Waals surface area contributed by atoms with E-state index in [0.717, 1.165) is 75.5 Å². The van der Waals surface area contributed by atoms with Gasteiger partial charge in [0.2, 0.25) is 5.91 Å². The summed E-state index contributed by atoms with van der Waals surface area (Å²) in [7, 11) is 1.69. The van der Waals surface area contributed by atoms with E-state index in [-0.39, 0.29) is 5.92 Å². The third-order valence-electron chi connectivity index (χ3n) is 6.93. The van der Waals surface area contributed by atoms with Crippen LogP contribution in [-0.2, 0) is 11.2 Å². The molecular formula is C24H30N6O2. The molecule has 2 aromatic heterocycles.